The zero-order valence-corrected chi connectivity index (χ0v) is 17.3. The van der Waals surface area contributed by atoms with Crippen molar-refractivity contribution in [2.45, 2.75) is 27.3 Å². The fraction of sp³-hybridized carbons (Fsp3) is 0.364. The summed E-state index contributed by atoms with van der Waals surface area (Å²) in [5.41, 5.74) is 5.02. The number of benzene rings is 2. The third-order valence-corrected chi connectivity index (χ3v) is 4.39. The van der Waals surface area contributed by atoms with Gasteiger partial charge < -0.3 is 15.4 Å². The highest BCUT2D eigenvalue weighted by Gasteiger charge is 2.13. The van der Waals surface area contributed by atoms with Gasteiger partial charge in [0.05, 0.1) is 20.2 Å². The summed E-state index contributed by atoms with van der Waals surface area (Å²) in [7, 11) is 3.36. The van der Waals surface area contributed by atoms with E-state index in [1.165, 1.54) is 0 Å². The molecule has 2 N–H and O–H groups in total. The van der Waals surface area contributed by atoms with Crippen LogP contribution >= 0.6 is 0 Å². The zero-order chi connectivity index (χ0) is 20.7. The first-order valence-electron chi connectivity index (χ1n) is 9.24. The molecule has 28 heavy (non-hydrogen) atoms. The lowest BCUT2D eigenvalue weighted by Gasteiger charge is -2.18. The lowest BCUT2D eigenvalue weighted by Crippen LogP contribution is -2.38. The van der Waals surface area contributed by atoms with Crippen LogP contribution in [0.1, 0.15) is 22.3 Å². The van der Waals surface area contributed by atoms with E-state index in [0.717, 1.165) is 33.7 Å². The molecule has 0 bridgehead atoms. The van der Waals surface area contributed by atoms with Crippen LogP contribution in [0.5, 0.6) is 5.75 Å². The Hall–Kier alpha value is -2.86. The lowest BCUT2D eigenvalue weighted by molar-refractivity contribution is -0.123. The average molecular weight is 383 g/mol. The molecule has 0 atom stereocenters. The smallest absolute Gasteiger partial charge is 0.238 e. The van der Waals surface area contributed by atoms with Crippen LogP contribution in [0.15, 0.2) is 36.4 Å². The molecule has 6 nitrogen and oxygen atoms in total. The van der Waals surface area contributed by atoms with Crippen molar-refractivity contribution in [3.63, 3.8) is 0 Å². The number of ether oxygens (including phenoxy) is 1. The molecule has 0 aliphatic rings. The van der Waals surface area contributed by atoms with Gasteiger partial charge in [-0.1, -0.05) is 29.8 Å². The van der Waals surface area contributed by atoms with Crippen LogP contribution in [0.2, 0.25) is 0 Å². The van der Waals surface area contributed by atoms with Crippen molar-refractivity contribution in [1.29, 1.82) is 0 Å². The molecule has 0 unspecified atom stereocenters. The number of hydrogen-bond donors (Lipinski definition) is 2. The summed E-state index contributed by atoms with van der Waals surface area (Å²) in [5, 5.41) is 5.81. The van der Waals surface area contributed by atoms with Crippen molar-refractivity contribution >= 4 is 17.5 Å². The molecule has 6 heteroatoms. The van der Waals surface area contributed by atoms with E-state index in [9.17, 15) is 9.59 Å². The predicted octanol–water partition coefficient (Wildman–Crippen LogP) is 2.81. The van der Waals surface area contributed by atoms with Gasteiger partial charge in [-0.25, -0.2) is 0 Å². The normalized spacial score (nSPS) is 10.6. The third-order valence-electron chi connectivity index (χ3n) is 4.39. The number of rotatable bonds is 8. The molecule has 2 rings (SSSR count). The van der Waals surface area contributed by atoms with Gasteiger partial charge in [0.15, 0.2) is 0 Å². The van der Waals surface area contributed by atoms with Crippen molar-refractivity contribution in [2.24, 2.45) is 0 Å². The first kappa shape index (κ1) is 21.4. The van der Waals surface area contributed by atoms with Crippen molar-refractivity contribution in [3.8, 4) is 5.75 Å². The lowest BCUT2D eigenvalue weighted by atomic mass is 10.1. The fourth-order valence-corrected chi connectivity index (χ4v) is 3.14. The van der Waals surface area contributed by atoms with Gasteiger partial charge in [-0.3, -0.25) is 14.5 Å². The number of likely N-dealkylation sites (N-methyl/N-ethyl adjacent to an activating group) is 1. The minimum Gasteiger partial charge on any atom is -0.497 e. The van der Waals surface area contributed by atoms with E-state index < -0.39 is 0 Å². The second-order valence-corrected chi connectivity index (χ2v) is 7.12. The van der Waals surface area contributed by atoms with Crippen LogP contribution in [0.3, 0.4) is 0 Å². The number of carbonyl (C=O) groups is 2. The van der Waals surface area contributed by atoms with Gasteiger partial charge in [0.25, 0.3) is 0 Å². The molecule has 0 heterocycles. The van der Waals surface area contributed by atoms with Crippen molar-refractivity contribution < 1.29 is 14.3 Å². The minimum atomic E-state index is -0.141. The van der Waals surface area contributed by atoms with E-state index in [1.54, 1.807) is 19.1 Å². The van der Waals surface area contributed by atoms with E-state index >= 15 is 0 Å². The largest absolute Gasteiger partial charge is 0.497 e. The standard InChI is InChI=1S/C22H29N3O3/c1-15-9-16(2)22(17(3)10-15)24-21(27)14-25(4)13-20(26)23-12-18-7-6-8-19(11-18)28-5/h6-11H,12-14H2,1-5H3,(H,23,26)(H,24,27). The number of nitrogens with one attached hydrogen (secondary N) is 2. The molecule has 0 saturated carbocycles. The number of hydrogen-bond acceptors (Lipinski definition) is 4. The van der Waals surface area contributed by atoms with Gasteiger partial charge in [0, 0.05) is 12.2 Å². The molecular weight excluding hydrogens is 354 g/mol. The Bertz CT molecular complexity index is 826. The highest BCUT2D eigenvalue weighted by Crippen LogP contribution is 2.21. The molecule has 0 aliphatic carbocycles. The maximum Gasteiger partial charge on any atom is 0.238 e. The first-order valence-corrected chi connectivity index (χ1v) is 9.24. The molecule has 0 aliphatic heterocycles. The Balaban J connectivity index is 1.81. The monoisotopic (exact) mass is 383 g/mol. The molecule has 2 aromatic carbocycles. The van der Waals surface area contributed by atoms with Crippen LogP contribution < -0.4 is 15.4 Å². The summed E-state index contributed by atoms with van der Waals surface area (Å²) in [6, 6.07) is 11.6. The molecule has 0 spiro atoms. The maximum atomic E-state index is 12.3. The Morgan fingerprint density at radius 1 is 1.00 bits per heavy atom. The number of amides is 2. The second kappa shape index (κ2) is 9.90. The Kier molecular flexibility index (Phi) is 7.58. The summed E-state index contributed by atoms with van der Waals surface area (Å²) < 4.78 is 5.18. The van der Waals surface area contributed by atoms with Gasteiger partial charge in [-0.2, -0.15) is 0 Å². The van der Waals surface area contributed by atoms with Gasteiger partial charge in [-0.05, 0) is 56.6 Å². The summed E-state index contributed by atoms with van der Waals surface area (Å²) in [6.07, 6.45) is 0. The van der Waals surface area contributed by atoms with Crippen molar-refractivity contribution in [3.05, 3.63) is 58.7 Å². The number of aryl methyl sites for hydroxylation is 3. The van der Waals surface area contributed by atoms with Crippen molar-refractivity contribution in [2.75, 3.05) is 32.6 Å². The van der Waals surface area contributed by atoms with Crippen LogP contribution in [-0.2, 0) is 16.1 Å². The van der Waals surface area contributed by atoms with Crippen molar-refractivity contribution in [1.82, 2.24) is 10.2 Å². The van der Waals surface area contributed by atoms with Crippen LogP contribution in [-0.4, -0.2) is 44.0 Å². The second-order valence-electron chi connectivity index (χ2n) is 7.12. The van der Waals surface area contributed by atoms with Gasteiger partial charge >= 0.3 is 0 Å². The van der Waals surface area contributed by atoms with Crippen LogP contribution in [0, 0.1) is 20.8 Å². The van der Waals surface area contributed by atoms with E-state index in [1.807, 2.05) is 57.2 Å². The molecule has 2 amide bonds. The zero-order valence-electron chi connectivity index (χ0n) is 17.3. The summed E-state index contributed by atoms with van der Waals surface area (Å²) in [4.78, 5) is 26.2. The van der Waals surface area contributed by atoms with Gasteiger partial charge in [0.1, 0.15) is 5.75 Å². The molecule has 150 valence electrons. The van der Waals surface area contributed by atoms with E-state index in [4.69, 9.17) is 4.74 Å². The van der Waals surface area contributed by atoms with Gasteiger partial charge in [0.2, 0.25) is 11.8 Å². The summed E-state index contributed by atoms with van der Waals surface area (Å²) >= 11 is 0. The van der Waals surface area contributed by atoms with E-state index in [2.05, 4.69) is 10.6 Å². The molecule has 2 aromatic rings. The number of methoxy groups -OCH3 is 1. The topological polar surface area (TPSA) is 70.7 Å². The molecule has 0 aromatic heterocycles. The number of carbonyl (C=O) groups excluding carboxylic acids is 2. The number of anilines is 1. The fourth-order valence-electron chi connectivity index (χ4n) is 3.14. The van der Waals surface area contributed by atoms with Crippen LogP contribution in [0.25, 0.3) is 0 Å². The minimum absolute atomic E-state index is 0.138. The molecule has 0 fully saturated rings. The number of nitrogens with zero attached hydrogens (tertiary/aromatic N) is 1. The third kappa shape index (κ3) is 6.39. The summed E-state index contributed by atoms with van der Waals surface area (Å²) in [5.74, 6) is 0.473. The average Bonchev–Trinajstić information content (AvgIpc) is 2.63. The maximum absolute atomic E-state index is 12.3. The predicted molar refractivity (Wildman–Crippen MR) is 112 cm³/mol. The Morgan fingerprint density at radius 3 is 2.29 bits per heavy atom. The molecular formula is C22H29N3O3. The quantitative estimate of drug-likeness (QED) is 0.735. The van der Waals surface area contributed by atoms with Gasteiger partial charge in [-0.15, -0.1) is 0 Å². The van der Waals surface area contributed by atoms with Crippen LogP contribution in [0.4, 0.5) is 5.69 Å². The molecule has 0 radical (unpaired) electrons. The summed E-state index contributed by atoms with van der Waals surface area (Å²) in [6.45, 7) is 6.68. The first-order chi connectivity index (χ1) is 13.3. The van der Waals surface area contributed by atoms with E-state index in [0.29, 0.717) is 6.54 Å². The Labute approximate surface area is 166 Å². The molecule has 0 saturated heterocycles. The SMILES string of the molecule is COc1cccc(CNC(=O)CN(C)CC(=O)Nc2c(C)cc(C)cc2C)c1. The van der Waals surface area contributed by atoms with E-state index in [-0.39, 0.29) is 24.9 Å². The Morgan fingerprint density at radius 2 is 1.64 bits per heavy atom. The highest BCUT2D eigenvalue weighted by atomic mass is 16.5. The highest BCUT2D eigenvalue weighted by molar-refractivity contribution is 5.94.